The number of rotatable bonds is 0. The molecule has 0 aromatic rings. The summed E-state index contributed by atoms with van der Waals surface area (Å²) < 4.78 is 0. The summed E-state index contributed by atoms with van der Waals surface area (Å²) in [5.74, 6) is 0. The molecule has 1 heterocycles. The number of hydrogen-bond acceptors (Lipinski definition) is 2. The van der Waals surface area contributed by atoms with E-state index in [1.807, 2.05) is 19.5 Å². The second kappa shape index (κ2) is 3.13. The molecule has 1 aliphatic heterocycles. The van der Waals surface area contributed by atoms with E-state index < -0.39 is 0 Å². The quantitative estimate of drug-likeness (QED) is 0.535. The van der Waals surface area contributed by atoms with Gasteiger partial charge in [-0.2, -0.15) is 0 Å². The lowest BCUT2D eigenvalue weighted by atomic mass is 9.89. The molecule has 0 bridgehead atoms. The van der Waals surface area contributed by atoms with E-state index in [9.17, 15) is 0 Å². The van der Waals surface area contributed by atoms with Crippen LogP contribution in [0.4, 0.5) is 0 Å². The van der Waals surface area contributed by atoms with Crippen LogP contribution in [0.15, 0.2) is 29.5 Å². The molecule has 0 N–H and O–H groups in total. The topological polar surface area (TPSA) is 15.6 Å². The van der Waals surface area contributed by atoms with Crippen LogP contribution in [0, 0.1) is 5.41 Å². The molecule has 0 spiro atoms. The van der Waals surface area contributed by atoms with Crippen molar-refractivity contribution in [2.45, 2.75) is 13.8 Å². The zero-order chi connectivity index (χ0) is 9.19. The summed E-state index contributed by atoms with van der Waals surface area (Å²) in [7, 11) is 2.04. The van der Waals surface area contributed by atoms with Gasteiger partial charge in [0.2, 0.25) is 0 Å². The van der Waals surface area contributed by atoms with Crippen molar-refractivity contribution in [3.63, 3.8) is 0 Å². The van der Waals surface area contributed by atoms with Gasteiger partial charge in [0.05, 0.1) is 6.54 Å². The first-order valence-corrected chi connectivity index (χ1v) is 4.14. The third-order valence-electron chi connectivity index (χ3n) is 2.24. The Labute approximate surface area is 74.3 Å². The smallest absolute Gasteiger partial charge is 0.0526 e. The summed E-state index contributed by atoms with van der Waals surface area (Å²) in [6, 6.07) is 0. The third kappa shape index (κ3) is 1.76. The van der Waals surface area contributed by atoms with Crippen LogP contribution in [0.25, 0.3) is 0 Å². The fourth-order valence-corrected chi connectivity index (χ4v) is 1.16. The molecule has 2 nitrogen and oxygen atoms in total. The molecule has 0 aromatic carbocycles. The number of allylic oxidation sites excluding steroid dienone is 1. The predicted octanol–water partition coefficient (Wildman–Crippen LogP) is 2.06. The Bertz CT molecular complexity index is 236. The summed E-state index contributed by atoms with van der Waals surface area (Å²) >= 11 is 0. The van der Waals surface area contributed by atoms with Gasteiger partial charge in [-0.25, -0.2) is 0 Å². The second-order valence-corrected chi connectivity index (χ2v) is 3.70. The van der Waals surface area contributed by atoms with Crippen LogP contribution in [0.3, 0.4) is 0 Å². The molecule has 0 unspecified atom stereocenters. The lowest BCUT2D eigenvalue weighted by Gasteiger charge is -2.31. The van der Waals surface area contributed by atoms with Gasteiger partial charge in [0.1, 0.15) is 0 Å². The van der Waals surface area contributed by atoms with Crippen molar-refractivity contribution in [3.05, 3.63) is 24.6 Å². The van der Waals surface area contributed by atoms with Gasteiger partial charge < -0.3 is 4.90 Å². The van der Waals surface area contributed by atoms with E-state index in [4.69, 9.17) is 0 Å². The molecule has 0 saturated heterocycles. The maximum absolute atomic E-state index is 4.12. The third-order valence-corrected chi connectivity index (χ3v) is 2.24. The highest BCUT2D eigenvalue weighted by atomic mass is 15.1. The van der Waals surface area contributed by atoms with Crippen LogP contribution in [-0.4, -0.2) is 24.7 Å². The van der Waals surface area contributed by atoms with Crippen molar-refractivity contribution >= 4 is 6.21 Å². The van der Waals surface area contributed by atoms with Crippen LogP contribution >= 0.6 is 0 Å². The summed E-state index contributed by atoms with van der Waals surface area (Å²) in [6.45, 7) is 9.19. The molecule has 0 fully saturated rings. The molecular weight excluding hydrogens is 148 g/mol. The van der Waals surface area contributed by atoms with Gasteiger partial charge in [0.15, 0.2) is 0 Å². The van der Waals surface area contributed by atoms with Crippen molar-refractivity contribution in [1.29, 1.82) is 0 Å². The van der Waals surface area contributed by atoms with E-state index in [-0.39, 0.29) is 5.41 Å². The standard InChI is InChI=1S/C10H16N2/c1-9-10(2,3)5-6-11-7-8-12(9)4/h5-7H,1,8H2,2-4H3/b6-5-,11-7-. The van der Waals surface area contributed by atoms with Crippen LogP contribution in [-0.2, 0) is 0 Å². The predicted molar refractivity (Wildman–Crippen MR) is 53.2 cm³/mol. The van der Waals surface area contributed by atoms with E-state index in [1.165, 1.54) is 0 Å². The van der Waals surface area contributed by atoms with Gasteiger partial charge in [0.25, 0.3) is 0 Å². The summed E-state index contributed by atoms with van der Waals surface area (Å²) in [4.78, 5) is 6.24. The summed E-state index contributed by atoms with van der Waals surface area (Å²) in [6.07, 6.45) is 5.80. The fraction of sp³-hybridized carbons (Fsp3) is 0.500. The number of nitrogens with zero attached hydrogens (tertiary/aromatic N) is 2. The minimum Gasteiger partial charge on any atom is -0.372 e. The molecular formula is C10H16N2. The zero-order valence-electron chi connectivity index (χ0n) is 8.04. The summed E-state index contributed by atoms with van der Waals surface area (Å²) in [5.41, 5.74) is 1.15. The first-order valence-electron chi connectivity index (χ1n) is 4.14. The van der Waals surface area contributed by atoms with Gasteiger partial charge in [-0.1, -0.05) is 26.5 Å². The Kier molecular flexibility index (Phi) is 2.36. The molecule has 0 atom stereocenters. The molecule has 1 aliphatic rings. The van der Waals surface area contributed by atoms with E-state index in [0.29, 0.717) is 0 Å². The van der Waals surface area contributed by atoms with Gasteiger partial charge in [-0.05, 0) is 0 Å². The molecule has 0 amide bonds. The van der Waals surface area contributed by atoms with Gasteiger partial charge >= 0.3 is 0 Å². The average molecular weight is 164 g/mol. The van der Waals surface area contributed by atoms with Crippen molar-refractivity contribution in [2.75, 3.05) is 13.6 Å². The zero-order valence-corrected chi connectivity index (χ0v) is 8.04. The van der Waals surface area contributed by atoms with Crippen LogP contribution in [0.5, 0.6) is 0 Å². The van der Waals surface area contributed by atoms with E-state index in [0.717, 1.165) is 12.2 Å². The molecule has 12 heavy (non-hydrogen) atoms. The Morgan fingerprint density at radius 2 is 2.25 bits per heavy atom. The van der Waals surface area contributed by atoms with Gasteiger partial charge in [-0.3, -0.25) is 4.99 Å². The maximum Gasteiger partial charge on any atom is 0.0526 e. The SMILES string of the molecule is C=C1N(C)C/C=N\C=C/C1(C)C. The van der Waals surface area contributed by atoms with Crippen molar-refractivity contribution < 1.29 is 0 Å². The molecule has 66 valence electrons. The largest absolute Gasteiger partial charge is 0.372 e. The summed E-state index contributed by atoms with van der Waals surface area (Å²) in [5, 5.41) is 0. The highest BCUT2D eigenvalue weighted by Gasteiger charge is 2.21. The average Bonchev–Trinajstić information content (AvgIpc) is 2.00. The molecule has 0 radical (unpaired) electrons. The van der Waals surface area contributed by atoms with Crippen molar-refractivity contribution in [3.8, 4) is 0 Å². The number of hydrogen-bond donors (Lipinski definition) is 0. The van der Waals surface area contributed by atoms with Crippen LogP contribution in [0.1, 0.15) is 13.8 Å². The van der Waals surface area contributed by atoms with Crippen molar-refractivity contribution in [2.24, 2.45) is 10.4 Å². The minimum absolute atomic E-state index is 0.0203. The Balaban J connectivity index is 2.92. The molecule has 2 heteroatoms. The highest BCUT2D eigenvalue weighted by molar-refractivity contribution is 5.61. The Morgan fingerprint density at radius 1 is 1.58 bits per heavy atom. The molecule has 1 rings (SSSR count). The van der Waals surface area contributed by atoms with Crippen LogP contribution in [0.2, 0.25) is 0 Å². The monoisotopic (exact) mass is 164 g/mol. The fourth-order valence-electron chi connectivity index (χ4n) is 1.16. The van der Waals surface area contributed by atoms with E-state index in [2.05, 4.69) is 36.4 Å². The Morgan fingerprint density at radius 3 is 2.92 bits per heavy atom. The maximum atomic E-state index is 4.12. The van der Waals surface area contributed by atoms with Gasteiger partial charge in [-0.15, -0.1) is 0 Å². The molecule has 0 aliphatic carbocycles. The van der Waals surface area contributed by atoms with Crippen LogP contribution < -0.4 is 0 Å². The molecule has 0 saturated carbocycles. The lowest BCUT2D eigenvalue weighted by molar-refractivity contribution is 0.370. The minimum atomic E-state index is 0.0203. The Hall–Kier alpha value is -1.05. The first-order chi connectivity index (χ1) is 5.54. The second-order valence-electron chi connectivity index (χ2n) is 3.70. The van der Waals surface area contributed by atoms with Crippen molar-refractivity contribution in [1.82, 2.24) is 4.90 Å². The molecule has 0 aromatic heterocycles. The van der Waals surface area contributed by atoms with Gasteiger partial charge in [0, 0.05) is 30.6 Å². The normalized spacial score (nSPS) is 27.6. The number of aliphatic imine (C=N–C) groups is 1. The van der Waals surface area contributed by atoms with E-state index >= 15 is 0 Å². The lowest BCUT2D eigenvalue weighted by Crippen LogP contribution is -2.29. The van der Waals surface area contributed by atoms with E-state index in [1.54, 1.807) is 0 Å². The highest BCUT2D eigenvalue weighted by Crippen LogP contribution is 2.28. The first kappa shape index (κ1) is 9.04.